The van der Waals surface area contributed by atoms with E-state index < -0.39 is 0 Å². The van der Waals surface area contributed by atoms with Gasteiger partial charge in [-0.2, -0.15) is 0 Å². The molecule has 0 saturated carbocycles. The third-order valence-corrected chi connectivity index (χ3v) is 6.32. The number of amidine groups is 1. The third kappa shape index (κ3) is 5.18. The molecule has 6 heteroatoms. The van der Waals surface area contributed by atoms with Crippen molar-refractivity contribution in [2.24, 2.45) is 4.99 Å². The second-order valence-corrected chi connectivity index (χ2v) is 8.74. The summed E-state index contributed by atoms with van der Waals surface area (Å²) in [5.74, 6) is 0.0845. The van der Waals surface area contributed by atoms with E-state index in [0.717, 1.165) is 16.9 Å². The van der Waals surface area contributed by atoms with E-state index in [4.69, 9.17) is 9.73 Å². The molecule has 1 amide bonds. The molecule has 0 aromatic heterocycles. The fourth-order valence-corrected chi connectivity index (χ4v) is 4.60. The van der Waals surface area contributed by atoms with Gasteiger partial charge in [0.1, 0.15) is 18.2 Å². The topological polar surface area (TPSA) is 41.9 Å². The van der Waals surface area contributed by atoms with Crippen LogP contribution in [-0.4, -0.2) is 11.1 Å². The zero-order chi connectivity index (χ0) is 24.0. The number of amides is 1. The number of ether oxygens (including phenoxy) is 1. The smallest absolute Gasteiger partial charge is 0.271 e. The molecule has 0 aliphatic carbocycles. The molecule has 4 aromatic rings. The zero-order valence-corrected chi connectivity index (χ0v) is 19.5. The van der Waals surface area contributed by atoms with Crippen LogP contribution in [0.5, 0.6) is 5.75 Å². The van der Waals surface area contributed by atoms with Gasteiger partial charge in [-0.3, -0.25) is 9.69 Å². The normalized spacial score (nSPS) is 15.7. The van der Waals surface area contributed by atoms with E-state index in [-0.39, 0.29) is 18.3 Å². The fourth-order valence-electron chi connectivity index (χ4n) is 3.61. The van der Waals surface area contributed by atoms with Gasteiger partial charge in [0.15, 0.2) is 5.17 Å². The Morgan fingerprint density at radius 2 is 1.49 bits per heavy atom. The van der Waals surface area contributed by atoms with Crippen molar-refractivity contribution in [3.8, 4) is 5.75 Å². The van der Waals surface area contributed by atoms with Gasteiger partial charge in [-0.15, -0.1) is 0 Å². The van der Waals surface area contributed by atoms with Gasteiger partial charge < -0.3 is 4.74 Å². The molecule has 0 radical (unpaired) electrons. The maximum atomic E-state index is 14.0. The van der Waals surface area contributed by atoms with Crippen LogP contribution >= 0.6 is 11.8 Å². The van der Waals surface area contributed by atoms with Crippen LogP contribution in [-0.2, 0) is 11.4 Å². The summed E-state index contributed by atoms with van der Waals surface area (Å²) in [7, 11) is 0. The summed E-state index contributed by atoms with van der Waals surface area (Å²) in [5, 5.41) is 0.573. The Kier molecular flexibility index (Phi) is 6.73. The predicted molar refractivity (Wildman–Crippen MR) is 140 cm³/mol. The number of thioether (sulfide) groups is 1. The van der Waals surface area contributed by atoms with E-state index in [2.05, 4.69) is 0 Å². The number of para-hydroxylation sites is 3. The highest BCUT2D eigenvalue weighted by Gasteiger charge is 2.34. The number of hydrogen-bond acceptors (Lipinski definition) is 4. The summed E-state index contributed by atoms with van der Waals surface area (Å²) in [4.78, 5) is 20.4. The Balaban J connectivity index is 1.48. The van der Waals surface area contributed by atoms with Crippen molar-refractivity contribution >= 4 is 40.3 Å². The Labute approximate surface area is 207 Å². The monoisotopic (exact) mass is 480 g/mol. The predicted octanol–water partition coefficient (Wildman–Crippen LogP) is 7.21. The number of halogens is 1. The number of aliphatic imine (C=N–C) groups is 1. The number of anilines is 1. The number of nitrogens with zero attached hydrogens (tertiary/aromatic N) is 2. The second kappa shape index (κ2) is 10.4. The van der Waals surface area contributed by atoms with Crippen molar-refractivity contribution in [2.45, 2.75) is 6.61 Å². The maximum Gasteiger partial charge on any atom is 0.271 e. The molecule has 1 heterocycles. The molecule has 172 valence electrons. The first-order chi connectivity index (χ1) is 17.2. The van der Waals surface area contributed by atoms with Gasteiger partial charge in [0.2, 0.25) is 0 Å². The van der Waals surface area contributed by atoms with Gasteiger partial charge in [0, 0.05) is 11.1 Å². The highest BCUT2D eigenvalue weighted by molar-refractivity contribution is 8.19. The second-order valence-electron chi connectivity index (χ2n) is 7.73. The van der Waals surface area contributed by atoms with E-state index in [1.54, 1.807) is 29.2 Å². The third-order valence-electron chi connectivity index (χ3n) is 5.35. The van der Waals surface area contributed by atoms with Crippen LogP contribution in [0.1, 0.15) is 11.1 Å². The first-order valence-electron chi connectivity index (χ1n) is 11.1. The lowest BCUT2D eigenvalue weighted by Crippen LogP contribution is -2.28. The van der Waals surface area contributed by atoms with Crippen molar-refractivity contribution in [1.82, 2.24) is 0 Å². The van der Waals surface area contributed by atoms with Gasteiger partial charge in [-0.05, 0) is 54.2 Å². The van der Waals surface area contributed by atoms with Crippen molar-refractivity contribution in [3.63, 3.8) is 0 Å². The minimum absolute atomic E-state index is 0.0881. The Hall–Kier alpha value is -4.16. The molecule has 1 aliphatic heterocycles. The number of carbonyl (C=O) groups excluding carboxylic acids is 1. The molecule has 0 spiro atoms. The molecule has 0 atom stereocenters. The Bertz CT molecular complexity index is 1400. The lowest BCUT2D eigenvalue weighted by molar-refractivity contribution is -0.113. The quantitative estimate of drug-likeness (QED) is 0.274. The molecule has 1 saturated heterocycles. The average molecular weight is 481 g/mol. The first-order valence-corrected chi connectivity index (χ1v) is 11.9. The molecule has 5 rings (SSSR count). The summed E-state index contributed by atoms with van der Waals surface area (Å²) in [6, 6.07) is 32.9. The molecular formula is C29H21FN2O2S. The van der Waals surface area contributed by atoms with E-state index in [1.807, 2.05) is 84.9 Å². The molecule has 0 N–H and O–H groups in total. The highest BCUT2D eigenvalue weighted by Crippen LogP contribution is 2.38. The van der Waals surface area contributed by atoms with E-state index in [0.29, 0.717) is 21.4 Å². The minimum atomic E-state index is -0.315. The Morgan fingerprint density at radius 1 is 0.829 bits per heavy atom. The molecule has 4 aromatic carbocycles. The van der Waals surface area contributed by atoms with Crippen molar-refractivity contribution in [2.75, 3.05) is 4.90 Å². The summed E-state index contributed by atoms with van der Waals surface area (Å²) >= 11 is 1.31. The van der Waals surface area contributed by atoms with Crippen LogP contribution in [0.3, 0.4) is 0 Å². The fraction of sp³-hybridized carbons (Fsp3) is 0.0345. The molecular weight excluding hydrogens is 459 g/mol. The SMILES string of the molecule is O=C1/C(=C\c2ccccc2OCc2ccccc2F)SC(=Nc2ccccc2)N1c1ccccc1. The lowest BCUT2D eigenvalue weighted by Gasteiger charge is -2.15. The lowest BCUT2D eigenvalue weighted by atomic mass is 10.1. The molecule has 1 fully saturated rings. The van der Waals surface area contributed by atoms with Crippen LogP contribution in [0.15, 0.2) is 119 Å². The molecule has 4 nitrogen and oxygen atoms in total. The Morgan fingerprint density at radius 3 is 2.26 bits per heavy atom. The highest BCUT2D eigenvalue weighted by atomic mass is 32.2. The number of carbonyl (C=O) groups is 1. The van der Waals surface area contributed by atoms with Gasteiger partial charge in [0.25, 0.3) is 5.91 Å². The van der Waals surface area contributed by atoms with E-state index in [9.17, 15) is 9.18 Å². The van der Waals surface area contributed by atoms with Crippen LogP contribution < -0.4 is 9.64 Å². The van der Waals surface area contributed by atoms with Crippen molar-refractivity contribution in [1.29, 1.82) is 0 Å². The summed E-state index contributed by atoms with van der Waals surface area (Å²) in [5.41, 5.74) is 2.70. The molecule has 0 unspecified atom stereocenters. The summed E-state index contributed by atoms with van der Waals surface area (Å²) < 4.78 is 20.0. The standard InChI is InChI=1S/C29H21FN2O2S/c30-25-17-9-7-12-22(25)20-34-26-18-10-8-11-21(26)19-27-28(33)32(24-15-5-2-6-16-24)29(35-27)31-23-13-3-1-4-14-23/h1-19H,20H2/b27-19+,31-29?. The largest absolute Gasteiger partial charge is 0.488 e. The average Bonchev–Trinajstić information content (AvgIpc) is 3.19. The summed E-state index contributed by atoms with van der Waals surface area (Å²) in [6.07, 6.45) is 1.80. The number of rotatable bonds is 6. The number of benzene rings is 4. The van der Waals surface area contributed by atoms with Crippen LogP contribution in [0.25, 0.3) is 6.08 Å². The summed E-state index contributed by atoms with van der Waals surface area (Å²) in [6.45, 7) is 0.0881. The van der Waals surface area contributed by atoms with Gasteiger partial charge in [0.05, 0.1) is 16.3 Å². The van der Waals surface area contributed by atoms with Crippen LogP contribution in [0, 0.1) is 5.82 Å². The van der Waals surface area contributed by atoms with Crippen molar-refractivity contribution < 1.29 is 13.9 Å². The van der Waals surface area contributed by atoms with Gasteiger partial charge >= 0.3 is 0 Å². The zero-order valence-electron chi connectivity index (χ0n) is 18.7. The van der Waals surface area contributed by atoms with Crippen LogP contribution in [0.4, 0.5) is 15.8 Å². The maximum absolute atomic E-state index is 14.0. The van der Waals surface area contributed by atoms with Gasteiger partial charge in [-0.1, -0.05) is 72.8 Å². The molecule has 1 aliphatic rings. The van der Waals surface area contributed by atoms with E-state index in [1.165, 1.54) is 17.8 Å². The van der Waals surface area contributed by atoms with Gasteiger partial charge in [-0.25, -0.2) is 9.38 Å². The molecule has 35 heavy (non-hydrogen) atoms. The van der Waals surface area contributed by atoms with Crippen LogP contribution in [0.2, 0.25) is 0 Å². The first kappa shape index (κ1) is 22.6. The van der Waals surface area contributed by atoms with Crippen molar-refractivity contribution in [3.05, 3.63) is 131 Å². The minimum Gasteiger partial charge on any atom is -0.488 e. The molecule has 0 bridgehead atoms. The van der Waals surface area contributed by atoms with E-state index >= 15 is 0 Å². The number of hydrogen-bond donors (Lipinski definition) is 0.